The maximum absolute atomic E-state index is 12.0. The second kappa shape index (κ2) is 4.36. The molecule has 8 heteroatoms. The second-order valence-corrected chi connectivity index (χ2v) is 6.73. The number of aromatic nitrogens is 2. The molecule has 7 nitrogen and oxygen atoms in total. The van der Waals surface area contributed by atoms with Crippen LogP contribution in [0.5, 0.6) is 0 Å². The number of sulfonamides is 1. The van der Waals surface area contributed by atoms with E-state index in [2.05, 4.69) is 14.7 Å². The summed E-state index contributed by atoms with van der Waals surface area (Å²) >= 11 is 0. The summed E-state index contributed by atoms with van der Waals surface area (Å²) in [6.07, 6.45) is 2.40. The van der Waals surface area contributed by atoms with Crippen LogP contribution in [0.3, 0.4) is 0 Å². The Morgan fingerprint density at radius 1 is 1.39 bits per heavy atom. The van der Waals surface area contributed by atoms with Gasteiger partial charge < -0.3 is 10.1 Å². The number of carboxylic acid groups (broad SMARTS) is 1. The molecule has 18 heavy (non-hydrogen) atoms. The number of hydrogen-bond acceptors (Lipinski definition) is 4. The van der Waals surface area contributed by atoms with Crippen LogP contribution in [0.1, 0.15) is 27.7 Å². The minimum absolute atomic E-state index is 0.100. The number of carbonyl (C=O) groups is 1. The van der Waals surface area contributed by atoms with Gasteiger partial charge in [0.2, 0.25) is 0 Å². The van der Waals surface area contributed by atoms with Crippen molar-refractivity contribution in [2.75, 3.05) is 0 Å². The number of imidazole rings is 1. The van der Waals surface area contributed by atoms with Crippen LogP contribution in [0.4, 0.5) is 0 Å². The molecule has 1 aromatic heterocycles. The van der Waals surface area contributed by atoms with Gasteiger partial charge in [-0.1, -0.05) is 0 Å². The van der Waals surface area contributed by atoms with Crippen molar-refractivity contribution in [1.82, 2.24) is 14.7 Å². The van der Waals surface area contributed by atoms with Crippen LogP contribution < -0.4 is 4.72 Å². The molecule has 102 valence electrons. The Hall–Kier alpha value is -1.41. The van der Waals surface area contributed by atoms with Gasteiger partial charge in [0.1, 0.15) is 0 Å². The average Bonchev–Trinajstić information content (AvgIpc) is 2.68. The lowest BCUT2D eigenvalue weighted by atomic mass is 9.75. The molecule has 0 atom stereocenters. The molecule has 1 aromatic rings. The summed E-state index contributed by atoms with van der Waals surface area (Å²) in [4.78, 5) is 17.3. The van der Waals surface area contributed by atoms with Gasteiger partial charge in [0.05, 0.1) is 17.9 Å². The molecule has 0 fully saturated rings. The minimum Gasteiger partial charge on any atom is -0.481 e. The molecule has 0 radical (unpaired) electrons. The van der Waals surface area contributed by atoms with Crippen molar-refractivity contribution in [3.63, 3.8) is 0 Å². The summed E-state index contributed by atoms with van der Waals surface area (Å²) in [6.45, 7) is 5.97. The molecule has 0 unspecified atom stereocenters. The second-order valence-electron chi connectivity index (χ2n) is 5.08. The smallest absolute Gasteiger partial charge is 0.310 e. The van der Waals surface area contributed by atoms with Gasteiger partial charge in [-0.15, -0.1) is 0 Å². The van der Waals surface area contributed by atoms with E-state index in [1.54, 1.807) is 0 Å². The third-order valence-electron chi connectivity index (χ3n) is 3.25. The average molecular weight is 275 g/mol. The predicted molar refractivity (Wildman–Crippen MR) is 64.4 cm³/mol. The molecule has 0 saturated heterocycles. The molecule has 3 N–H and O–H groups in total. The fourth-order valence-electron chi connectivity index (χ4n) is 1.18. The van der Waals surface area contributed by atoms with Gasteiger partial charge in [0.25, 0.3) is 10.0 Å². The van der Waals surface area contributed by atoms with Gasteiger partial charge in [-0.25, -0.2) is 18.1 Å². The van der Waals surface area contributed by atoms with Gasteiger partial charge in [0, 0.05) is 5.54 Å². The highest BCUT2D eigenvalue weighted by molar-refractivity contribution is 7.89. The zero-order valence-electron chi connectivity index (χ0n) is 10.7. The molecule has 0 aliphatic rings. The third kappa shape index (κ3) is 2.54. The van der Waals surface area contributed by atoms with E-state index >= 15 is 0 Å². The zero-order chi connectivity index (χ0) is 14.2. The molecular weight excluding hydrogens is 258 g/mol. The summed E-state index contributed by atoms with van der Waals surface area (Å²) in [6, 6.07) is 0. The van der Waals surface area contributed by atoms with E-state index < -0.39 is 26.9 Å². The van der Waals surface area contributed by atoms with Gasteiger partial charge in [-0.05, 0) is 27.7 Å². The zero-order valence-corrected chi connectivity index (χ0v) is 11.5. The minimum atomic E-state index is -3.82. The van der Waals surface area contributed by atoms with Gasteiger partial charge >= 0.3 is 5.97 Å². The van der Waals surface area contributed by atoms with Crippen molar-refractivity contribution in [3.8, 4) is 0 Å². The fourth-order valence-corrected chi connectivity index (χ4v) is 2.62. The monoisotopic (exact) mass is 275 g/mol. The lowest BCUT2D eigenvalue weighted by Crippen LogP contribution is -2.56. The van der Waals surface area contributed by atoms with Gasteiger partial charge in [-0.2, -0.15) is 0 Å². The Labute approximate surface area is 106 Å². The molecular formula is C10H17N3O4S. The maximum Gasteiger partial charge on any atom is 0.310 e. The molecule has 0 aliphatic carbocycles. The third-order valence-corrected chi connectivity index (χ3v) is 4.83. The number of rotatable bonds is 5. The van der Waals surface area contributed by atoms with Crippen LogP contribution in [0.2, 0.25) is 0 Å². The van der Waals surface area contributed by atoms with Crippen LogP contribution in [0.15, 0.2) is 17.6 Å². The highest BCUT2D eigenvalue weighted by Gasteiger charge is 2.46. The van der Waals surface area contributed by atoms with Gasteiger partial charge in [0.15, 0.2) is 5.03 Å². The molecule has 0 bridgehead atoms. The van der Waals surface area contributed by atoms with Crippen LogP contribution in [0.25, 0.3) is 0 Å². The summed E-state index contributed by atoms with van der Waals surface area (Å²) in [5, 5.41) is 9.05. The van der Waals surface area contributed by atoms with Crippen molar-refractivity contribution >= 4 is 16.0 Å². The Morgan fingerprint density at radius 2 is 1.94 bits per heavy atom. The molecule has 0 spiro atoms. The van der Waals surface area contributed by atoms with E-state index in [0.717, 1.165) is 6.20 Å². The quantitative estimate of drug-likeness (QED) is 0.727. The molecule has 0 aliphatic heterocycles. The number of aliphatic carboxylic acids is 1. The Balaban J connectivity index is 3.08. The Morgan fingerprint density at radius 3 is 2.33 bits per heavy atom. The fraction of sp³-hybridized carbons (Fsp3) is 0.600. The number of nitrogens with zero attached hydrogens (tertiary/aromatic N) is 1. The highest BCUT2D eigenvalue weighted by Crippen LogP contribution is 2.31. The lowest BCUT2D eigenvalue weighted by molar-refractivity contribution is -0.150. The topological polar surface area (TPSA) is 112 Å². The molecule has 1 heterocycles. The Bertz CT molecular complexity index is 531. The van der Waals surface area contributed by atoms with Gasteiger partial charge in [-0.3, -0.25) is 4.79 Å². The number of hydrogen-bond donors (Lipinski definition) is 3. The summed E-state index contributed by atoms with van der Waals surface area (Å²) in [5.74, 6) is -1.08. The van der Waals surface area contributed by atoms with Crippen molar-refractivity contribution in [3.05, 3.63) is 12.5 Å². The SMILES string of the molecule is CC(C)(NS(=O)(=O)c1cnc[nH]1)C(C)(C)C(=O)O. The first kappa shape index (κ1) is 14.7. The number of H-pyrrole nitrogens is 1. The molecule has 0 aromatic carbocycles. The first-order valence-corrected chi connectivity index (χ1v) is 6.75. The number of nitrogens with one attached hydrogen (secondary N) is 2. The van der Waals surface area contributed by atoms with E-state index in [-0.39, 0.29) is 5.03 Å². The van der Waals surface area contributed by atoms with E-state index in [0.29, 0.717) is 0 Å². The van der Waals surface area contributed by atoms with E-state index in [1.807, 2.05) is 0 Å². The van der Waals surface area contributed by atoms with E-state index in [4.69, 9.17) is 5.11 Å². The van der Waals surface area contributed by atoms with Crippen LogP contribution in [-0.4, -0.2) is 35.0 Å². The summed E-state index contributed by atoms with van der Waals surface area (Å²) in [5.41, 5.74) is -2.43. The number of aromatic amines is 1. The normalized spacial score (nSPS) is 13.6. The molecule has 1 rings (SSSR count). The predicted octanol–water partition coefficient (Wildman–Crippen LogP) is 0.577. The number of carboxylic acids is 1. The van der Waals surface area contributed by atoms with Crippen molar-refractivity contribution in [1.29, 1.82) is 0 Å². The lowest BCUT2D eigenvalue weighted by Gasteiger charge is -2.38. The van der Waals surface area contributed by atoms with Crippen LogP contribution >= 0.6 is 0 Å². The maximum atomic E-state index is 12.0. The molecule has 0 amide bonds. The van der Waals surface area contributed by atoms with Crippen LogP contribution in [-0.2, 0) is 14.8 Å². The van der Waals surface area contributed by atoms with Crippen LogP contribution in [0, 0.1) is 5.41 Å². The largest absolute Gasteiger partial charge is 0.481 e. The first-order valence-electron chi connectivity index (χ1n) is 5.26. The summed E-state index contributed by atoms with van der Waals surface area (Å²) < 4.78 is 26.4. The molecule has 0 saturated carbocycles. The van der Waals surface area contributed by atoms with Crippen molar-refractivity contribution in [2.45, 2.75) is 38.3 Å². The standard InChI is InChI=1S/C10H17N3O4S/c1-9(2,8(14)15)10(3,4)13-18(16,17)7-5-11-6-12-7/h5-6,13H,1-4H3,(H,11,12)(H,14,15). The van der Waals surface area contributed by atoms with E-state index in [9.17, 15) is 13.2 Å². The van der Waals surface area contributed by atoms with E-state index in [1.165, 1.54) is 34.0 Å². The van der Waals surface area contributed by atoms with Crippen molar-refractivity contribution in [2.24, 2.45) is 5.41 Å². The first-order chi connectivity index (χ1) is 8.01. The Kier molecular flexibility index (Phi) is 3.55. The van der Waals surface area contributed by atoms with Crippen molar-refractivity contribution < 1.29 is 18.3 Å². The summed E-state index contributed by atoms with van der Waals surface area (Å²) in [7, 11) is -3.82. The highest BCUT2D eigenvalue weighted by atomic mass is 32.2.